The summed E-state index contributed by atoms with van der Waals surface area (Å²) in [6, 6.07) is 6.45. The molecule has 2 N–H and O–H groups in total. The number of nitrogens with zero attached hydrogens (tertiary/aromatic N) is 5. The number of ketones is 1. The molecule has 0 spiro atoms. The zero-order valence-corrected chi connectivity index (χ0v) is 27.5. The van der Waals surface area contributed by atoms with Crippen molar-refractivity contribution in [1.29, 1.82) is 0 Å². The Labute approximate surface area is 272 Å². The SMILES string of the molecule is Cn1c(=O)n(CC(=O)c2ccccc2NC(=O)C2CC2)c(=O)c2c1nc(N1CCCC(NC(=O)OC(C)(C)C)C1)n2CC1=CCCC1. The van der Waals surface area contributed by atoms with E-state index in [4.69, 9.17) is 9.72 Å². The first kappa shape index (κ1) is 32.3. The standard InChI is InChI=1S/C34H43N7O6/c1-34(2,3)47-32(45)35-23-12-9-17-39(19-23)31-37-28-27(40(31)18-21-10-5-6-11-21)30(44)41(33(46)38(28)4)20-26(42)24-13-7-8-14-25(24)36-29(43)22-15-16-22/h7-8,10,13-14,22-23H,5-6,9,11-12,15-20H2,1-4H3,(H,35,45)(H,36,43). The van der Waals surface area contributed by atoms with Gasteiger partial charge in [-0.2, -0.15) is 4.98 Å². The Bertz CT molecular complexity index is 1870. The molecule has 250 valence electrons. The van der Waals surface area contributed by atoms with Gasteiger partial charge in [-0.25, -0.2) is 9.59 Å². The predicted octanol–water partition coefficient (Wildman–Crippen LogP) is 3.73. The molecular formula is C34H43N7O6. The number of hydrogen-bond acceptors (Lipinski definition) is 8. The van der Waals surface area contributed by atoms with Gasteiger partial charge in [0.05, 0.1) is 12.2 Å². The fraction of sp³-hybridized carbons (Fsp3) is 0.529. The summed E-state index contributed by atoms with van der Waals surface area (Å²) in [4.78, 5) is 73.4. The molecule has 1 saturated carbocycles. The van der Waals surface area contributed by atoms with Gasteiger partial charge in [0.25, 0.3) is 5.56 Å². The number of rotatable bonds is 9. The third-order valence-electron chi connectivity index (χ3n) is 8.87. The minimum Gasteiger partial charge on any atom is -0.444 e. The Hall–Kier alpha value is -4.68. The number of fused-ring (bicyclic) bond motifs is 1. The van der Waals surface area contributed by atoms with Crippen molar-refractivity contribution in [1.82, 2.24) is 24.0 Å². The number of imidazole rings is 1. The summed E-state index contributed by atoms with van der Waals surface area (Å²) in [7, 11) is 1.55. The molecule has 3 heterocycles. The van der Waals surface area contributed by atoms with Gasteiger partial charge in [0, 0.05) is 44.2 Å². The van der Waals surface area contributed by atoms with Crippen LogP contribution in [0.3, 0.4) is 0 Å². The van der Waals surface area contributed by atoms with E-state index in [9.17, 15) is 24.0 Å². The Morgan fingerprint density at radius 1 is 1.04 bits per heavy atom. The molecule has 2 aromatic heterocycles. The van der Waals surface area contributed by atoms with Crippen LogP contribution in [0.1, 0.15) is 76.1 Å². The second-order valence-corrected chi connectivity index (χ2v) is 13.8. The number of Topliss-reactive ketones (excluding diaryl/α,β-unsaturated/α-hetero) is 1. The van der Waals surface area contributed by atoms with E-state index >= 15 is 0 Å². The Balaban J connectivity index is 1.36. The number of benzene rings is 1. The van der Waals surface area contributed by atoms with Crippen molar-refractivity contribution in [2.75, 3.05) is 23.3 Å². The fourth-order valence-corrected chi connectivity index (χ4v) is 6.37. The maximum absolute atomic E-state index is 14.2. The summed E-state index contributed by atoms with van der Waals surface area (Å²) in [5.74, 6) is -0.123. The molecule has 1 aromatic carbocycles. The summed E-state index contributed by atoms with van der Waals surface area (Å²) < 4.78 is 9.60. The molecule has 13 heteroatoms. The molecule has 13 nitrogen and oxygen atoms in total. The van der Waals surface area contributed by atoms with Crippen LogP contribution >= 0.6 is 0 Å². The number of allylic oxidation sites excluding steroid dienone is 2. The third-order valence-corrected chi connectivity index (χ3v) is 8.87. The summed E-state index contributed by atoms with van der Waals surface area (Å²) in [5.41, 5.74) is 0.348. The van der Waals surface area contributed by atoms with E-state index in [-0.39, 0.29) is 34.6 Å². The number of carbonyl (C=O) groups is 3. The van der Waals surface area contributed by atoms with Crippen LogP contribution in [0.2, 0.25) is 0 Å². The monoisotopic (exact) mass is 645 g/mol. The fourth-order valence-electron chi connectivity index (χ4n) is 6.37. The molecule has 2 fully saturated rings. The largest absolute Gasteiger partial charge is 0.444 e. The van der Waals surface area contributed by atoms with E-state index in [1.807, 2.05) is 30.2 Å². The Morgan fingerprint density at radius 3 is 2.51 bits per heavy atom. The molecule has 3 aromatic rings. The quantitative estimate of drug-likeness (QED) is 0.264. The van der Waals surface area contributed by atoms with Gasteiger partial charge in [0.2, 0.25) is 11.9 Å². The van der Waals surface area contributed by atoms with Crippen molar-refractivity contribution in [2.45, 2.75) is 90.4 Å². The van der Waals surface area contributed by atoms with Crippen LogP contribution in [-0.4, -0.2) is 61.2 Å². The summed E-state index contributed by atoms with van der Waals surface area (Å²) in [6.07, 6.45) is 7.74. The van der Waals surface area contributed by atoms with Crippen LogP contribution in [0.15, 0.2) is 45.5 Å². The number of aryl methyl sites for hydroxylation is 1. The zero-order valence-electron chi connectivity index (χ0n) is 27.5. The molecule has 2 amide bonds. The van der Waals surface area contributed by atoms with E-state index < -0.39 is 35.3 Å². The van der Waals surface area contributed by atoms with Crippen LogP contribution in [0, 0.1) is 5.92 Å². The topological polar surface area (TPSA) is 150 Å². The lowest BCUT2D eigenvalue weighted by molar-refractivity contribution is -0.117. The molecule has 0 bridgehead atoms. The molecule has 3 aliphatic rings. The lowest BCUT2D eigenvalue weighted by Gasteiger charge is -2.34. The highest BCUT2D eigenvalue weighted by Gasteiger charge is 2.32. The minimum absolute atomic E-state index is 0.0526. The maximum Gasteiger partial charge on any atom is 0.407 e. The van der Waals surface area contributed by atoms with Crippen LogP contribution < -0.4 is 26.8 Å². The summed E-state index contributed by atoms with van der Waals surface area (Å²) >= 11 is 0. The van der Waals surface area contributed by atoms with E-state index in [1.165, 1.54) is 10.1 Å². The number of para-hydroxylation sites is 1. The highest BCUT2D eigenvalue weighted by Crippen LogP contribution is 2.31. The van der Waals surface area contributed by atoms with Crippen molar-refractivity contribution < 1.29 is 19.1 Å². The van der Waals surface area contributed by atoms with Gasteiger partial charge in [0.1, 0.15) is 5.60 Å². The summed E-state index contributed by atoms with van der Waals surface area (Å²) in [5, 5.41) is 5.80. The number of hydrogen-bond donors (Lipinski definition) is 2. The van der Waals surface area contributed by atoms with Gasteiger partial charge >= 0.3 is 11.8 Å². The average Bonchev–Trinajstić information content (AvgIpc) is 3.62. The zero-order chi connectivity index (χ0) is 33.5. The number of nitrogens with one attached hydrogen (secondary N) is 2. The smallest absolute Gasteiger partial charge is 0.407 e. The van der Waals surface area contributed by atoms with E-state index in [2.05, 4.69) is 16.7 Å². The van der Waals surface area contributed by atoms with Crippen molar-refractivity contribution in [3.63, 3.8) is 0 Å². The van der Waals surface area contributed by atoms with Crippen molar-refractivity contribution >= 4 is 40.6 Å². The molecule has 6 rings (SSSR count). The first-order valence-corrected chi connectivity index (χ1v) is 16.4. The molecule has 1 unspecified atom stereocenters. The highest BCUT2D eigenvalue weighted by molar-refractivity contribution is 6.05. The second-order valence-electron chi connectivity index (χ2n) is 13.8. The number of piperidine rings is 1. The average molecular weight is 646 g/mol. The lowest BCUT2D eigenvalue weighted by Crippen LogP contribution is -2.49. The molecule has 47 heavy (non-hydrogen) atoms. The Morgan fingerprint density at radius 2 is 1.81 bits per heavy atom. The molecule has 0 radical (unpaired) electrons. The van der Waals surface area contributed by atoms with Gasteiger partial charge in [-0.1, -0.05) is 23.8 Å². The van der Waals surface area contributed by atoms with E-state index in [0.717, 1.165) is 49.5 Å². The lowest BCUT2D eigenvalue weighted by atomic mass is 10.1. The van der Waals surface area contributed by atoms with Crippen molar-refractivity contribution in [3.05, 3.63) is 62.3 Å². The van der Waals surface area contributed by atoms with Gasteiger partial charge in [-0.15, -0.1) is 0 Å². The van der Waals surface area contributed by atoms with Crippen LogP contribution in [0.25, 0.3) is 11.2 Å². The molecule has 1 atom stereocenters. The molecule has 1 saturated heterocycles. The first-order chi connectivity index (χ1) is 22.4. The number of anilines is 2. The number of carbonyl (C=O) groups excluding carboxylic acids is 3. The molecule has 2 aliphatic carbocycles. The number of ether oxygens (including phenoxy) is 1. The van der Waals surface area contributed by atoms with Gasteiger partial charge in [-0.05, 0) is 77.8 Å². The highest BCUT2D eigenvalue weighted by atomic mass is 16.6. The molecular weight excluding hydrogens is 602 g/mol. The van der Waals surface area contributed by atoms with Gasteiger partial charge in [0.15, 0.2) is 16.9 Å². The van der Waals surface area contributed by atoms with Crippen molar-refractivity contribution in [2.24, 2.45) is 13.0 Å². The van der Waals surface area contributed by atoms with Crippen LogP contribution in [0.5, 0.6) is 0 Å². The number of aromatic nitrogens is 4. The Kier molecular flexibility index (Phi) is 8.82. The predicted molar refractivity (Wildman–Crippen MR) is 178 cm³/mol. The van der Waals surface area contributed by atoms with Crippen LogP contribution in [0.4, 0.5) is 16.4 Å². The minimum atomic E-state index is -0.658. The van der Waals surface area contributed by atoms with E-state index in [0.29, 0.717) is 31.3 Å². The van der Waals surface area contributed by atoms with Gasteiger partial charge < -0.3 is 24.8 Å². The second kappa shape index (κ2) is 12.8. The summed E-state index contributed by atoms with van der Waals surface area (Å²) in [6.45, 7) is 6.48. The molecule has 1 aliphatic heterocycles. The van der Waals surface area contributed by atoms with Crippen molar-refractivity contribution in [3.8, 4) is 0 Å². The normalized spacial score (nSPS) is 18.3. The van der Waals surface area contributed by atoms with Gasteiger partial charge in [-0.3, -0.25) is 23.5 Å². The first-order valence-electron chi connectivity index (χ1n) is 16.4. The number of alkyl carbamates (subject to hydrolysis) is 1. The third kappa shape index (κ3) is 7.03. The van der Waals surface area contributed by atoms with E-state index in [1.54, 1.807) is 31.3 Å². The number of amides is 2. The van der Waals surface area contributed by atoms with Crippen LogP contribution in [-0.2, 0) is 29.7 Å². The maximum atomic E-state index is 14.2.